The second-order valence-corrected chi connectivity index (χ2v) is 9.09. The molecular weight excluding hydrogens is 402 g/mol. The average Bonchev–Trinajstić information content (AvgIpc) is 2.72. The van der Waals surface area contributed by atoms with Crippen LogP contribution in [0.25, 0.3) is 0 Å². The summed E-state index contributed by atoms with van der Waals surface area (Å²) in [6.45, 7) is 6.08. The van der Waals surface area contributed by atoms with E-state index in [2.05, 4.69) is 22.9 Å². The van der Waals surface area contributed by atoms with Crippen LogP contribution in [-0.2, 0) is 9.59 Å². The van der Waals surface area contributed by atoms with Crippen LogP contribution in [0.3, 0.4) is 0 Å². The monoisotopic (exact) mass is 433 g/mol. The minimum atomic E-state index is -0.468. The quantitative estimate of drug-likeness (QED) is 0.636. The van der Waals surface area contributed by atoms with Gasteiger partial charge in [0.15, 0.2) is 0 Å². The van der Waals surface area contributed by atoms with Crippen molar-refractivity contribution in [3.05, 3.63) is 29.3 Å². The number of aryl methyl sites for hydroxylation is 1. The zero-order valence-electron chi connectivity index (χ0n) is 18.2. The van der Waals surface area contributed by atoms with Crippen LogP contribution in [-0.4, -0.2) is 65.2 Å². The molecule has 1 aromatic rings. The summed E-state index contributed by atoms with van der Waals surface area (Å²) < 4.78 is 0. The number of carbonyl (C=O) groups is 3. The van der Waals surface area contributed by atoms with Crippen molar-refractivity contribution in [2.45, 2.75) is 51.3 Å². The molecule has 9 heteroatoms. The van der Waals surface area contributed by atoms with E-state index in [0.717, 1.165) is 34.6 Å². The molecule has 8 nitrogen and oxygen atoms in total. The van der Waals surface area contributed by atoms with Crippen LogP contribution in [0, 0.1) is 19.8 Å². The van der Waals surface area contributed by atoms with Gasteiger partial charge >= 0.3 is 6.03 Å². The molecule has 4 atom stereocenters. The van der Waals surface area contributed by atoms with Crippen LogP contribution < -0.4 is 16.0 Å². The summed E-state index contributed by atoms with van der Waals surface area (Å²) in [6.07, 6.45) is 1.40. The number of fused-ring (bicyclic) bond motifs is 1. The maximum atomic E-state index is 12.9. The summed E-state index contributed by atoms with van der Waals surface area (Å²) in [7, 11) is 3.21. The molecule has 3 N–H and O–H groups in total. The van der Waals surface area contributed by atoms with Crippen molar-refractivity contribution in [2.75, 3.05) is 25.2 Å². The summed E-state index contributed by atoms with van der Waals surface area (Å²) >= 11 is 1.41. The summed E-state index contributed by atoms with van der Waals surface area (Å²) in [5, 5.41) is 9.55. The molecule has 2 aliphatic rings. The number of carbonyl (C=O) groups excluding carboxylic acids is 3. The van der Waals surface area contributed by atoms with Gasteiger partial charge < -0.3 is 10.2 Å². The zero-order chi connectivity index (χ0) is 22.0. The molecule has 1 aromatic carbocycles. The first-order chi connectivity index (χ1) is 14.2. The van der Waals surface area contributed by atoms with Crippen LogP contribution in [0.4, 0.5) is 10.5 Å². The van der Waals surface area contributed by atoms with Crippen molar-refractivity contribution in [1.29, 1.82) is 0 Å². The Bertz CT molecular complexity index is 833. The molecule has 0 bridgehead atoms. The number of amides is 4. The SMILES string of the molecule is CCCC1NC(SCC(=O)Nc2cccc(C)c2C)C2C(=O)N(C)C(=O)N(C)C2N1. The maximum absolute atomic E-state index is 12.9. The van der Waals surface area contributed by atoms with Crippen molar-refractivity contribution in [2.24, 2.45) is 5.92 Å². The van der Waals surface area contributed by atoms with E-state index in [1.54, 1.807) is 11.9 Å². The minimum absolute atomic E-state index is 0.0257. The predicted molar refractivity (Wildman–Crippen MR) is 119 cm³/mol. The summed E-state index contributed by atoms with van der Waals surface area (Å²) in [4.78, 5) is 40.6. The van der Waals surface area contributed by atoms with E-state index in [-0.39, 0.29) is 35.1 Å². The third-order valence-electron chi connectivity index (χ3n) is 5.88. The Hall–Kier alpha value is -2.10. The van der Waals surface area contributed by atoms with Crippen molar-refractivity contribution in [3.8, 4) is 0 Å². The van der Waals surface area contributed by atoms with E-state index in [9.17, 15) is 14.4 Å². The second kappa shape index (κ2) is 9.36. The van der Waals surface area contributed by atoms with Gasteiger partial charge in [0, 0.05) is 19.8 Å². The molecule has 0 saturated carbocycles. The Morgan fingerprint density at radius 3 is 2.63 bits per heavy atom. The van der Waals surface area contributed by atoms with Gasteiger partial charge in [-0.3, -0.25) is 25.1 Å². The van der Waals surface area contributed by atoms with E-state index in [1.807, 2.05) is 32.0 Å². The van der Waals surface area contributed by atoms with Gasteiger partial charge in [-0.1, -0.05) is 25.5 Å². The fourth-order valence-electron chi connectivity index (χ4n) is 3.96. The molecule has 2 aliphatic heterocycles. The van der Waals surface area contributed by atoms with Crippen LogP contribution in [0.1, 0.15) is 30.9 Å². The van der Waals surface area contributed by atoms with Crippen molar-refractivity contribution >= 4 is 35.3 Å². The lowest BCUT2D eigenvalue weighted by Gasteiger charge is -2.50. The van der Waals surface area contributed by atoms with Crippen molar-refractivity contribution in [3.63, 3.8) is 0 Å². The molecule has 30 heavy (non-hydrogen) atoms. The summed E-state index contributed by atoms with van der Waals surface area (Å²) in [6, 6.07) is 5.50. The molecule has 0 aliphatic carbocycles. The van der Waals surface area contributed by atoms with Gasteiger partial charge in [-0.25, -0.2) is 4.79 Å². The Balaban J connectivity index is 1.72. The standard InChI is InChI=1S/C21H31N5O3S/c1-6-8-15-23-18-17(20(28)26(5)21(29)25(18)4)19(24-15)30-11-16(27)22-14-10-7-9-12(2)13(14)3/h7,9-10,15,17-19,23-24H,6,8,11H2,1-5H3,(H,22,27). The molecule has 0 radical (unpaired) electrons. The number of nitrogens with zero attached hydrogens (tertiary/aromatic N) is 2. The third kappa shape index (κ3) is 4.48. The highest BCUT2D eigenvalue weighted by Gasteiger charge is 2.50. The number of nitrogens with one attached hydrogen (secondary N) is 3. The molecule has 164 valence electrons. The van der Waals surface area contributed by atoms with Gasteiger partial charge in [0.1, 0.15) is 0 Å². The number of benzene rings is 1. The second-order valence-electron chi connectivity index (χ2n) is 7.96. The highest BCUT2D eigenvalue weighted by Crippen LogP contribution is 2.32. The minimum Gasteiger partial charge on any atom is -0.325 e. The third-order valence-corrected chi connectivity index (χ3v) is 7.09. The van der Waals surface area contributed by atoms with Crippen LogP contribution in [0.2, 0.25) is 0 Å². The maximum Gasteiger partial charge on any atom is 0.327 e. The van der Waals surface area contributed by atoms with E-state index in [0.29, 0.717) is 0 Å². The normalized spacial score (nSPS) is 26.6. The largest absolute Gasteiger partial charge is 0.327 e. The van der Waals surface area contributed by atoms with Crippen molar-refractivity contribution < 1.29 is 14.4 Å². The molecule has 2 saturated heterocycles. The lowest BCUT2D eigenvalue weighted by atomic mass is 9.96. The number of thioether (sulfide) groups is 1. The summed E-state index contributed by atoms with van der Waals surface area (Å²) in [5.41, 5.74) is 2.97. The van der Waals surface area contributed by atoms with Crippen molar-refractivity contribution in [1.82, 2.24) is 20.4 Å². The molecule has 2 fully saturated rings. The highest BCUT2D eigenvalue weighted by atomic mass is 32.2. The number of hydrogen-bond acceptors (Lipinski definition) is 6. The fourth-order valence-corrected chi connectivity index (χ4v) is 5.10. The van der Waals surface area contributed by atoms with Gasteiger partial charge in [-0.15, -0.1) is 11.8 Å². The first-order valence-corrected chi connectivity index (χ1v) is 11.3. The molecular formula is C21H31N5O3S. The summed E-state index contributed by atoms with van der Waals surface area (Å²) in [5.74, 6) is -0.602. The van der Waals surface area contributed by atoms with E-state index in [4.69, 9.17) is 0 Å². The molecule has 4 unspecified atom stereocenters. The fraction of sp³-hybridized carbons (Fsp3) is 0.571. The predicted octanol–water partition coefficient (Wildman–Crippen LogP) is 2.09. The van der Waals surface area contributed by atoms with E-state index >= 15 is 0 Å². The number of rotatable bonds is 6. The number of imide groups is 1. The van der Waals surface area contributed by atoms with Gasteiger partial charge in [0.2, 0.25) is 11.8 Å². The Labute approximate surface area is 182 Å². The van der Waals surface area contributed by atoms with E-state index < -0.39 is 12.1 Å². The molecule has 0 aromatic heterocycles. The Morgan fingerprint density at radius 2 is 1.93 bits per heavy atom. The Morgan fingerprint density at radius 1 is 1.20 bits per heavy atom. The number of urea groups is 1. The molecule has 4 amide bonds. The lowest BCUT2D eigenvalue weighted by Crippen LogP contribution is -2.74. The lowest BCUT2D eigenvalue weighted by molar-refractivity contribution is -0.140. The van der Waals surface area contributed by atoms with Gasteiger partial charge in [-0.05, 0) is 37.5 Å². The molecule has 2 heterocycles. The smallest absolute Gasteiger partial charge is 0.325 e. The molecule has 0 spiro atoms. The van der Waals surface area contributed by atoms with Gasteiger partial charge in [-0.2, -0.15) is 0 Å². The first-order valence-electron chi connectivity index (χ1n) is 10.3. The molecule has 3 rings (SSSR count). The van der Waals surface area contributed by atoms with E-state index in [1.165, 1.54) is 18.8 Å². The Kier molecular flexibility index (Phi) is 7.05. The number of anilines is 1. The average molecular weight is 434 g/mol. The highest BCUT2D eigenvalue weighted by molar-refractivity contribution is 8.00. The zero-order valence-corrected chi connectivity index (χ0v) is 19.0. The van der Waals surface area contributed by atoms with Crippen LogP contribution in [0.5, 0.6) is 0 Å². The van der Waals surface area contributed by atoms with Gasteiger partial charge in [0.25, 0.3) is 0 Å². The topological polar surface area (TPSA) is 93.8 Å². The van der Waals surface area contributed by atoms with Crippen LogP contribution in [0.15, 0.2) is 18.2 Å². The first kappa shape index (κ1) is 22.6. The van der Waals surface area contributed by atoms with Crippen LogP contribution >= 0.6 is 11.8 Å². The van der Waals surface area contributed by atoms with Gasteiger partial charge in [0.05, 0.1) is 29.4 Å². The number of hydrogen-bond donors (Lipinski definition) is 3.